The minimum atomic E-state index is -2.86. The molecule has 1 rings (SSSR count). The first-order valence-corrected chi connectivity index (χ1v) is 9.06. The maximum absolute atomic E-state index is 11.8. The molecule has 1 saturated heterocycles. The Labute approximate surface area is 116 Å². The number of likely N-dealkylation sites (tertiary alicyclic amines) is 1. The number of hydrogen-bond acceptors (Lipinski definition) is 4. The van der Waals surface area contributed by atoms with Gasteiger partial charge in [0.05, 0.1) is 5.75 Å². The maximum Gasteiger partial charge on any atom is 0.223 e. The van der Waals surface area contributed by atoms with E-state index in [-0.39, 0.29) is 17.4 Å². The summed E-state index contributed by atoms with van der Waals surface area (Å²) >= 11 is 0. The average Bonchev–Trinajstić information content (AvgIpc) is 2.43. The third kappa shape index (κ3) is 6.92. The lowest BCUT2D eigenvalue weighted by molar-refractivity contribution is -0.131. The Kier molecular flexibility index (Phi) is 7.38. The van der Waals surface area contributed by atoms with Crippen LogP contribution in [0.15, 0.2) is 0 Å². The molecule has 1 N–H and O–H groups in total. The number of sulfone groups is 1. The summed E-state index contributed by atoms with van der Waals surface area (Å²) in [4.78, 5) is 13.8. The van der Waals surface area contributed by atoms with Crippen LogP contribution in [0.4, 0.5) is 0 Å². The van der Waals surface area contributed by atoms with Crippen LogP contribution in [-0.4, -0.2) is 56.9 Å². The van der Waals surface area contributed by atoms with Crippen molar-refractivity contribution in [2.45, 2.75) is 39.0 Å². The number of amides is 1. The molecule has 0 aromatic heterocycles. The molecule has 0 aromatic carbocycles. The highest BCUT2D eigenvalue weighted by Crippen LogP contribution is 2.09. The lowest BCUT2D eigenvalue weighted by atomic mass is 10.1. The Morgan fingerprint density at radius 1 is 1.16 bits per heavy atom. The zero-order chi connectivity index (χ0) is 14.1. The summed E-state index contributed by atoms with van der Waals surface area (Å²) in [5, 5.41) is 3.14. The van der Waals surface area contributed by atoms with E-state index in [0.29, 0.717) is 25.9 Å². The standard InChI is InChI=1S/C13H26N2O3S/c1-2-19(17,18)12-6-8-14-9-7-13(16)15-10-4-3-5-11-15/h14H,2-12H2,1H3. The normalized spacial score (nSPS) is 16.6. The van der Waals surface area contributed by atoms with Crippen LogP contribution in [0.3, 0.4) is 0 Å². The summed E-state index contributed by atoms with van der Waals surface area (Å²) in [7, 11) is -2.86. The van der Waals surface area contributed by atoms with Crippen LogP contribution in [0.1, 0.15) is 39.0 Å². The smallest absolute Gasteiger partial charge is 0.223 e. The van der Waals surface area contributed by atoms with E-state index in [1.165, 1.54) is 6.42 Å². The van der Waals surface area contributed by atoms with Crippen molar-refractivity contribution in [2.24, 2.45) is 0 Å². The molecule has 0 aliphatic carbocycles. The first-order chi connectivity index (χ1) is 9.05. The van der Waals surface area contributed by atoms with Crippen LogP contribution in [0, 0.1) is 0 Å². The topological polar surface area (TPSA) is 66.5 Å². The Morgan fingerprint density at radius 2 is 1.84 bits per heavy atom. The van der Waals surface area contributed by atoms with Crippen LogP contribution < -0.4 is 5.32 Å². The van der Waals surface area contributed by atoms with E-state index < -0.39 is 9.84 Å². The van der Waals surface area contributed by atoms with Crippen molar-refractivity contribution in [1.82, 2.24) is 10.2 Å². The Bertz CT molecular complexity index is 362. The van der Waals surface area contributed by atoms with Gasteiger partial charge in [0.15, 0.2) is 0 Å². The fourth-order valence-electron chi connectivity index (χ4n) is 2.18. The molecule has 6 heteroatoms. The van der Waals surface area contributed by atoms with Crippen LogP contribution in [0.5, 0.6) is 0 Å². The van der Waals surface area contributed by atoms with Gasteiger partial charge in [-0.05, 0) is 32.2 Å². The third-order valence-corrected chi connectivity index (χ3v) is 5.26. The molecule has 19 heavy (non-hydrogen) atoms. The van der Waals surface area contributed by atoms with Crippen molar-refractivity contribution < 1.29 is 13.2 Å². The molecule has 0 atom stereocenters. The summed E-state index contributed by atoms with van der Waals surface area (Å²) in [6.45, 7) is 4.76. The van der Waals surface area contributed by atoms with Crippen molar-refractivity contribution >= 4 is 15.7 Å². The molecule has 0 saturated carbocycles. The predicted molar refractivity (Wildman–Crippen MR) is 76.9 cm³/mol. The minimum absolute atomic E-state index is 0.209. The Hall–Kier alpha value is -0.620. The molecule has 1 aliphatic rings. The number of carbonyl (C=O) groups excluding carboxylic acids is 1. The number of nitrogens with one attached hydrogen (secondary N) is 1. The third-order valence-electron chi connectivity index (χ3n) is 3.47. The van der Waals surface area contributed by atoms with Gasteiger partial charge < -0.3 is 10.2 Å². The van der Waals surface area contributed by atoms with Crippen LogP contribution in [-0.2, 0) is 14.6 Å². The highest BCUT2D eigenvalue weighted by Gasteiger charge is 2.15. The first-order valence-electron chi connectivity index (χ1n) is 7.24. The number of piperidine rings is 1. The summed E-state index contributed by atoms with van der Waals surface area (Å²) in [5.41, 5.74) is 0. The molecule has 0 bridgehead atoms. The summed E-state index contributed by atoms with van der Waals surface area (Å²) in [5.74, 6) is 0.658. The molecular formula is C13H26N2O3S. The van der Waals surface area contributed by atoms with Crippen molar-refractivity contribution in [1.29, 1.82) is 0 Å². The number of carbonyl (C=O) groups is 1. The first kappa shape index (κ1) is 16.4. The molecule has 0 radical (unpaired) electrons. The average molecular weight is 290 g/mol. The van der Waals surface area contributed by atoms with Crippen LogP contribution in [0.25, 0.3) is 0 Å². The van der Waals surface area contributed by atoms with Gasteiger partial charge >= 0.3 is 0 Å². The summed E-state index contributed by atoms with van der Waals surface area (Å²) in [6.07, 6.45) is 4.60. The van der Waals surface area contributed by atoms with Crippen molar-refractivity contribution in [2.75, 3.05) is 37.7 Å². The highest BCUT2D eigenvalue weighted by atomic mass is 32.2. The zero-order valence-electron chi connectivity index (χ0n) is 11.9. The van der Waals surface area contributed by atoms with Crippen molar-refractivity contribution in [3.05, 3.63) is 0 Å². The molecule has 112 valence electrons. The quantitative estimate of drug-likeness (QED) is 0.672. The van der Waals surface area contributed by atoms with E-state index in [4.69, 9.17) is 0 Å². The second-order valence-corrected chi connectivity index (χ2v) is 7.50. The van der Waals surface area contributed by atoms with Gasteiger partial charge in [-0.2, -0.15) is 0 Å². The van der Waals surface area contributed by atoms with Crippen molar-refractivity contribution in [3.8, 4) is 0 Å². The Balaban J connectivity index is 2.02. The van der Waals surface area contributed by atoms with E-state index in [1.807, 2.05) is 4.90 Å². The van der Waals surface area contributed by atoms with Crippen molar-refractivity contribution in [3.63, 3.8) is 0 Å². The maximum atomic E-state index is 11.8. The van der Waals surface area contributed by atoms with E-state index in [0.717, 1.165) is 25.9 Å². The SMILES string of the molecule is CCS(=O)(=O)CCCNCCC(=O)N1CCCCC1. The molecule has 5 nitrogen and oxygen atoms in total. The van der Waals surface area contributed by atoms with E-state index in [1.54, 1.807) is 6.92 Å². The summed E-state index contributed by atoms with van der Waals surface area (Å²) < 4.78 is 22.5. The fourth-order valence-corrected chi connectivity index (χ4v) is 3.06. The molecule has 0 spiro atoms. The zero-order valence-corrected chi connectivity index (χ0v) is 12.7. The van der Waals surface area contributed by atoms with Gasteiger partial charge in [-0.1, -0.05) is 6.92 Å². The monoisotopic (exact) mass is 290 g/mol. The van der Waals surface area contributed by atoms with E-state index in [9.17, 15) is 13.2 Å². The number of rotatable bonds is 8. The van der Waals surface area contributed by atoms with Gasteiger partial charge in [0.1, 0.15) is 9.84 Å². The molecule has 0 aromatic rings. The molecule has 1 amide bonds. The second-order valence-electron chi connectivity index (χ2n) is 5.03. The molecule has 0 unspecified atom stereocenters. The predicted octanol–water partition coefficient (Wildman–Crippen LogP) is 0.803. The van der Waals surface area contributed by atoms with Crippen LogP contribution >= 0.6 is 0 Å². The molecule has 1 fully saturated rings. The molecule has 1 aliphatic heterocycles. The van der Waals surface area contributed by atoms with Gasteiger partial charge in [-0.15, -0.1) is 0 Å². The van der Waals surface area contributed by atoms with Gasteiger partial charge in [-0.3, -0.25) is 4.79 Å². The Morgan fingerprint density at radius 3 is 2.47 bits per heavy atom. The lowest BCUT2D eigenvalue weighted by Gasteiger charge is -2.26. The van der Waals surface area contributed by atoms with Gasteiger partial charge in [0.25, 0.3) is 0 Å². The highest BCUT2D eigenvalue weighted by molar-refractivity contribution is 7.91. The van der Waals surface area contributed by atoms with Gasteiger partial charge in [0.2, 0.25) is 5.91 Å². The van der Waals surface area contributed by atoms with Crippen LogP contribution in [0.2, 0.25) is 0 Å². The fraction of sp³-hybridized carbons (Fsp3) is 0.923. The lowest BCUT2D eigenvalue weighted by Crippen LogP contribution is -2.37. The minimum Gasteiger partial charge on any atom is -0.343 e. The summed E-state index contributed by atoms with van der Waals surface area (Å²) in [6, 6.07) is 0. The van der Waals surface area contributed by atoms with Gasteiger partial charge in [0, 0.05) is 31.8 Å². The number of nitrogens with zero attached hydrogens (tertiary/aromatic N) is 1. The largest absolute Gasteiger partial charge is 0.343 e. The second kappa shape index (κ2) is 8.53. The number of hydrogen-bond donors (Lipinski definition) is 1. The molecule has 1 heterocycles. The molecular weight excluding hydrogens is 264 g/mol. The van der Waals surface area contributed by atoms with Gasteiger partial charge in [-0.25, -0.2) is 8.42 Å². The van der Waals surface area contributed by atoms with E-state index in [2.05, 4.69) is 5.32 Å². The van der Waals surface area contributed by atoms with E-state index >= 15 is 0 Å².